The van der Waals surface area contributed by atoms with E-state index in [0.717, 1.165) is 24.8 Å². The van der Waals surface area contributed by atoms with Crippen LogP contribution in [0.5, 0.6) is 0 Å². The van der Waals surface area contributed by atoms with Crippen LogP contribution < -0.4 is 15.1 Å². The van der Waals surface area contributed by atoms with Crippen molar-refractivity contribution in [2.45, 2.75) is 6.92 Å². The van der Waals surface area contributed by atoms with E-state index in [1.165, 1.54) is 18.6 Å². The third-order valence-electron chi connectivity index (χ3n) is 7.26. The number of hydrogen-bond donors (Lipinski definition) is 1. The number of carbonyl (C=O) groups excluding carboxylic acids is 1. The van der Waals surface area contributed by atoms with Crippen LogP contribution in [0.4, 0.5) is 31.7 Å². The quantitative estimate of drug-likeness (QED) is 0.403. The minimum atomic E-state index is -0.700. The molecular formula is C28H28F2N8O2. The van der Waals surface area contributed by atoms with Crippen LogP contribution in [0.2, 0.25) is 0 Å². The first kappa shape index (κ1) is 25.8. The molecule has 0 aliphatic carbocycles. The Balaban J connectivity index is 1.31. The Bertz CT molecular complexity index is 1540. The molecule has 6 rings (SSSR count). The zero-order chi connectivity index (χ0) is 27.6. The third kappa shape index (κ3) is 5.09. The fourth-order valence-electron chi connectivity index (χ4n) is 5.19. The monoisotopic (exact) mass is 546 g/mol. The predicted molar refractivity (Wildman–Crippen MR) is 147 cm³/mol. The molecule has 0 atom stereocenters. The Morgan fingerprint density at radius 1 is 0.975 bits per heavy atom. The van der Waals surface area contributed by atoms with Crippen LogP contribution in [-0.2, 0) is 4.74 Å². The lowest BCUT2D eigenvalue weighted by Gasteiger charge is -2.36. The summed E-state index contributed by atoms with van der Waals surface area (Å²) in [6, 6.07) is 5.66. The van der Waals surface area contributed by atoms with E-state index in [1.807, 2.05) is 17.9 Å². The number of nitrogens with one attached hydrogen (secondary N) is 1. The second kappa shape index (κ2) is 11.0. The number of halogens is 2. The van der Waals surface area contributed by atoms with Crippen molar-refractivity contribution in [1.82, 2.24) is 24.8 Å². The first-order chi connectivity index (χ1) is 19.5. The van der Waals surface area contributed by atoms with E-state index in [9.17, 15) is 9.18 Å². The van der Waals surface area contributed by atoms with Crippen molar-refractivity contribution in [2.75, 3.05) is 67.6 Å². The molecule has 5 heterocycles. The van der Waals surface area contributed by atoms with Crippen molar-refractivity contribution in [3.63, 3.8) is 0 Å². The Morgan fingerprint density at radius 3 is 2.52 bits per heavy atom. The van der Waals surface area contributed by atoms with Crippen LogP contribution in [-0.4, -0.2) is 83.2 Å². The maximum Gasteiger partial charge on any atom is 0.272 e. The number of hydrogen-bond acceptors (Lipinski definition) is 9. The molecule has 3 aromatic heterocycles. The predicted octanol–water partition coefficient (Wildman–Crippen LogP) is 3.55. The topological polar surface area (TPSA) is 99.6 Å². The molecule has 0 radical (unpaired) electrons. The molecule has 1 N–H and O–H groups in total. The number of aromatic nitrogens is 4. The molecule has 4 aromatic rings. The van der Waals surface area contributed by atoms with E-state index in [4.69, 9.17) is 4.74 Å². The van der Waals surface area contributed by atoms with E-state index in [-0.39, 0.29) is 16.8 Å². The van der Waals surface area contributed by atoms with Crippen LogP contribution >= 0.6 is 0 Å². The van der Waals surface area contributed by atoms with Gasteiger partial charge in [-0.05, 0) is 19.1 Å². The van der Waals surface area contributed by atoms with Gasteiger partial charge < -0.3 is 24.8 Å². The molecule has 1 amide bonds. The number of nitrogens with zero attached hydrogens (tertiary/aromatic N) is 7. The second-order valence-corrected chi connectivity index (χ2v) is 9.75. The highest BCUT2D eigenvalue weighted by atomic mass is 19.1. The van der Waals surface area contributed by atoms with Gasteiger partial charge in [-0.15, -0.1) is 0 Å². The van der Waals surface area contributed by atoms with Crippen molar-refractivity contribution in [1.29, 1.82) is 0 Å². The van der Waals surface area contributed by atoms with Gasteiger partial charge in [-0.25, -0.2) is 23.7 Å². The molecule has 2 saturated heterocycles. The van der Waals surface area contributed by atoms with Gasteiger partial charge >= 0.3 is 0 Å². The summed E-state index contributed by atoms with van der Waals surface area (Å²) < 4.78 is 35.0. The van der Waals surface area contributed by atoms with Crippen LogP contribution in [0, 0.1) is 18.6 Å². The lowest BCUT2D eigenvalue weighted by Crippen LogP contribution is -2.49. The summed E-state index contributed by atoms with van der Waals surface area (Å²) in [6.07, 6.45) is 6.36. The number of carbonyl (C=O) groups is 1. The molecular weight excluding hydrogens is 518 g/mol. The number of piperazine rings is 1. The first-order valence-corrected chi connectivity index (χ1v) is 13.1. The number of rotatable bonds is 5. The van der Waals surface area contributed by atoms with Gasteiger partial charge in [-0.3, -0.25) is 9.78 Å². The summed E-state index contributed by atoms with van der Waals surface area (Å²) in [7, 11) is 0. The van der Waals surface area contributed by atoms with Gasteiger partial charge in [-0.2, -0.15) is 0 Å². The molecule has 2 fully saturated rings. The van der Waals surface area contributed by atoms with Gasteiger partial charge in [-0.1, -0.05) is 0 Å². The van der Waals surface area contributed by atoms with Crippen LogP contribution in [0.15, 0.2) is 49.2 Å². The van der Waals surface area contributed by atoms with Crippen LogP contribution in [0.25, 0.3) is 10.9 Å². The van der Waals surface area contributed by atoms with Gasteiger partial charge in [0, 0.05) is 63.2 Å². The standard InChI is InChI=1S/C28H28F2N8O2/c1-18-26(34-20-14-21(16-32-15-20)36-8-10-40-11-9-36)25-22(30)12-19(29)13-24(25)35-27(18)37-4-6-38(7-5-37)28(39)23-2-3-31-17-33-23/h2-3,12-17H,4-11H2,1H3,(H,34,35). The zero-order valence-corrected chi connectivity index (χ0v) is 22.0. The molecule has 1 aromatic carbocycles. The molecule has 2 aliphatic heterocycles. The lowest BCUT2D eigenvalue weighted by molar-refractivity contribution is 0.0740. The van der Waals surface area contributed by atoms with E-state index >= 15 is 4.39 Å². The minimum Gasteiger partial charge on any atom is -0.378 e. The molecule has 40 heavy (non-hydrogen) atoms. The first-order valence-electron chi connectivity index (χ1n) is 13.1. The number of morpholine rings is 1. The van der Waals surface area contributed by atoms with Crippen molar-refractivity contribution >= 4 is 39.7 Å². The summed E-state index contributed by atoms with van der Waals surface area (Å²) in [6.45, 7) is 6.57. The molecule has 0 unspecified atom stereocenters. The molecule has 206 valence electrons. The largest absolute Gasteiger partial charge is 0.378 e. The lowest BCUT2D eigenvalue weighted by atomic mass is 10.1. The van der Waals surface area contributed by atoms with Crippen molar-refractivity contribution in [2.24, 2.45) is 0 Å². The maximum absolute atomic E-state index is 15.2. The molecule has 0 bridgehead atoms. The summed E-state index contributed by atoms with van der Waals surface area (Å²) in [5.74, 6) is -0.956. The number of ether oxygens (including phenoxy) is 1. The smallest absolute Gasteiger partial charge is 0.272 e. The molecule has 10 nitrogen and oxygen atoms in total. The maximum atomic E-state index is 15.2. The van der Waals surface area contributed by atoms with Gasteiger partial charge in [0.1, 0.15) is 29.5 Å². The Morgan fingerprint density at radius 2 is 1.77 bits per heavy atom. The molecule has 2 aliphatic rings. The summed E-state index contributed by atoms with van der Waals surface area (Å²) >= 11 is 0. The van der Waals surface area contributed by atoms with E-state index < -0.39 is 11.6 Å². The van der Waals surface area contributed by atoms with Gasteiger partial charge in [0.15, 0.2) is 0 Å². The summed E-state index contributed by atoms with van der Waals surface area (Å²) in [5, 5.41) is 3.56. The number of pyridine rings is 2. The van der Waals surface area contributed by atoms with Crippen molar-refractivity contribution in [3.8, 4) is 0 Å². The minimum absolute atomic E-state index is 0.163. The number of fused-ring (bicyclic) bond motifs is 1. The summed E-state index contributed by atoms with van der Waals surface area (Å²) in [5.41, 5.74) is 3.37. The van der Waals surface area contributed by atoms with Gasteiger partial charge in [0.05, 0.1) is 53.6 Å². The number of benzene rings is 1. The fraction of sp³-hybridized carbons (Fsp3) is 0.321. The van der Waals surface area contributed by atoms with Crippen molar-refractivity contribution < 1.29 is 18.3 Å². The highest BCUT2D eigenvalue weighted by Crippen LogP contribution is 2.37. The highest BCUT2D eigenvalue weighted by molar-refractivity contribution is 5.98. The van der Waals surface area contributed by atoms with E-state index in [0.29, 0.717) is 67.8 Å². The Hall–Kier alpha value is -4.45. The molecule has 12 heteroatoms. The Labute approximate surface area is 229 Å². The van der Waals surface area contributed by atoms with Crippen molar-refractivity contribution in [3.05, 3.63) is 72.1 Å². The SMILES string of the molecule is Cc1c(N2CCN(C(=O)c3ccncn3)CC2)nc2cc(F)cc(F)c2c1Nc1cncc(N2CCOCC2)c1. The van der Waals surface area contributed by atoms with Crippen LogP contribution in [0.1, 0.15) is 16.1 Å². The Kier molecular flexibility index (Phi) is 7.08. The zero-order valence-electron chi connectivity index (χ0n) is 22.0. The van der Waals surface area contributed by atoms with Gasteiger partial charge in [0.25, 0.3) is 5.91 Å². The normalized spacial score (nSPS) is 15.9. The number of amides is 1. The average molecular weight is 547 g/mol. The average Bonchev–Trinajstić information content (AvgIpc) is 2.99. The molecule has 0 spiro atoms. The van der Waals surface area contributed by atoms with Gasteiger partial charge in [0.2, 0.25) is 0 Å². The highest BCUT2D eigenvalue weighted by Gasteiger charge is 2.27. The van der Waals surface area contributed by atoms with Crippen LogP contribution in [0.3, 0.4) is 0 Å². The van der Waals surface area contributed by atoms with E-state index in [2.05, 4.69) is 30.2 Å². The fourth-order valence-corrected chi connectivity index (χ4v) is 5.19. The molecule has 0 saturated carbocycles. The van der Waals surface area contributed by atoms with E-state index in [1.54, 1.807) is 23.4 Å². The second-order valence-electron chi connectivity index (χ2n) is 9.75. The summed E-state index contributed by atoms with van der Waals surface area (Å²) in [4.78, 5) is 35.8. The number of anilines is 4. The third-order valence-corrected chi connectivity index (χ3v) is 7.26.